The first kappa shape index (κ1) is 14.6. The Labute approximate surface area is 125 Å². The molecule has 0 unspecified atom stereocenters. The minimum atomic E-state index is -4.36. The number of carbonyl (C=O) groups excluding carboxylic acids is 1. The van der Waals surface area contributed by atoms with Gasteiger partial charge in [0.2, 0.25) is 0 Å². The lowest BCUT2D eigenvalue weighted by Gasteiger charge is -2.10. The second kappa shape index (κ2) is 5.48. The highest BCUT2D eigenvalue weighted by molar-refractivity contribution is 6.00. The van der Waals surface area contributed by atoms with Crippen molar-refractivity contribution < 1.29 is 22.7 Å². The van der Waals surface area contributed by atoms with E-state index in [0.29, 0.717) is 29.7 Å². The molecule has 0 fully saturated rings. The van der Waals surface area contributed by atoms with Crippen LogP contribution in [0.1, 0.15) is 33.5 Å². The number of alkyl halides is 3. The van der Waals surface area contributed by atoms with Gasteiger partial charge in [-0.05, 0) is 47.9 Å². The summed E-state index contributed by atoms with van der Waals surface area (Å²) in [7, 11) is 0. The van der Waals surface area contributed by atoms with Gasteiger partial charge in [-0.15, -0.1) is 0 Å². The summed E-state index contributed by atoms with van der Waals surface area (Å²) < 4.78 is 43.5. The van der Waals surface area contributed by atoms with E-state index < -0.39 is 11.7 Å². The second-order valence-electron chi connectivity index (χ2n) is 5.23. The van der Waals surface area contributed by atoms with E-state index in [1.807, 2.05) is 0 Å². The van der Waals surface area contributed by atoms with E-state index in [4.69, 9.17) is 4.74 Å². The van der Waals surface area contributed by atoms with E-state index in [-0.39, 0.29) is 12.4 Å². The third kappa shape index (κ3) is 2.98. The molecule has 1 aliphatic rings. The topological polar surface area (TPSA) is 26.3 Å². The zero-order valence-electron chi connectivity index (χ0n) is 11.6. The Morgan fingerprint density at radius 2 is 1.86 bits per heavy atom. The Kier molecular flexibility index (Phi) is 3.64. The van der Waals surface area contributed by atoms with Crippen LogP contribution in [0.15, 0.2) is 42.5 Å². The van der Waals surface area contributed by atoms with Crippen LogP contribution in [0, 0.1) is 0 Å². The number of Topliss-reactive ketones (excluding diaryl/α,β-unsaturated/α-hetero) is 1. The molecule has 114 valence electrons. The zero-order valence-corrected chi connectivity index (χ0v) is 11.6. The number of hydrogen-bond acceptors (Lipinski definition) is 2. The van der Waals surface area contributed by atoms with Gasteiger partial charge in [0.1, 0.15) is 12.4 Å². The molecule has 0 spiro atoms. The Morgan fingerprint density at radius 3 is 2.64 bits per heavy atom. The number of ether oxygens (including phenoxy) is 1. The molecule has 0 aliphatic heterocycles. The number of hydrogen-bond donors (Lipinski definition) is 0. The number of aryl methyl sites for hydroxylation is 1. The maximum atomic E-state index is 12.6. The fourth-order valence-corrected chi connectivity index (χ4v) is 2.53. The van der Waals surface area contributed by atoms with Crippen LogP contribution in [-0.4, -0.2) is 5.78 Å². The molecular weight excluding hydrogens is 293 g/mol. The van der Waals surface area contributed by atoms with E-state index >= 15 is 0 Å². The molecule has 2 nitrogen and oxygen atoms in total. The van der Waals surface area contributed by atoms with Crippen molar-refractivity contribution in [2.24, 2.45) is 0 Å². The smallest absolute Gasteiger partial charge is 0.416 e. The number of halogens is 3. The lowest BCUT2D eigenvalue weighted by molar-refractivity contribution is -0.137. The van der Waals surface area contributed by atoms with Gasteiger partial charge < -0.3 is 4.74 Å². The number of ketones is 1. The molecule has 0 bridgehead atoms. The van der Waals surface area contributed by atoms with Gasteiger partial charge in [-0.1, -0.05) is 12.1 Å². The predicted octanol–water partition coefficient (Wildman–Crippen LogP) is 4.41. The predicted molar refractivity (Wildman–Crippen MR) is 74.9 cm³/mol. The van der Waals surface area contributed by atoms with Gasteiger partial charge in [0.15, 0.2) is 5.78 Å². The summed E-state index contributed by atoms with van der Waals surface area (Å²) in [5.74, 6) is 0.685. The molecular formula is C17H13F3O2. The normalized spacial score (nSPS) is 14.0. The summed E-state index contributed by atoms with van der Waals surface area (Å²) in [5.41, 5.74) is 1.41. The van der Waals surface area contributed by atoms with Crippen LogP contribution in [0.2, 0.25) is 0 Å². The summed E-state index contributed by atoms with van der Waals surface area (Å²) in [6.45, 7) is 0.0522. The number of benzene rings is 2. The number of rotatable bonds is 3. The Hall–Kier alpha value is -2.30. The summed E-state index contributed by atoms with van der Waals surface area (Å²) in [6.07, 6.45) is -3.16. The van der Waals surface area contributed by atoms with Crippen LogP contribution >= 0.6 is 0 Å². The van der Waals surface area contributed by atoms with Crippen molar-refractivity contribution in [2.75, 3.05) is 0 Å². The van der Waals surface area contributed by atoms with Crippen molar-refractivity contribution in [1.82, 2.24) is 0 Å². The van der Waals surface area contributed by atoms with E-state index in [9.17, 15) is 18.0 Å². The Bertz CT molecular complexity index is 720. The van der Waals surface area contributed by atoms with Crippen LogP contribution in [0.25, 0.3) is 0 Å². The van der Waals surface area contributed by atoms with Crippen molar-refractivity contribution in [3.8, 4) is 5.75 Å². The molecule has 0 amide bonds. The Balaban J connectivity index is 1.72. The monoisotopic (exact) mass is 306 g/mol. The molecule has 0 atom stereocenters. The largest absolute Gasteiger partial charge is 0.489 e. The van der Waals surface area contributed by atoms with Crippen molar-refractivity contribution in [3.63, 3.8) is 0 Å². The molecule has 0 heterocycles. The van der Waals surface area contributed by atoms with Crippen LogP contribution in [0.3, 0.4) is 0 Å². The van der Waals surface area contributed by atoms with Crippen molar-refractivity contribution in [3.05, 3.63) is 64.7 Å². The van der Waals surface area contributed by atoms with Gasteiger partial charge in [0.25, 0.3) is 0 Å². The molecule has 0 radical (unpaired) electrons. The molecule has 1 aliphatic carbocycles. The molecule has 3 rings (SSSR count). The van der Waals surface area contributed by atoms with Crippen molar-refractivity contribution in [2.45, 2.75) is 25.6 Å². The second-order valence-corrected chi connectivity index (χ2v) is 5.23. The first-order chi connectivity index (χ1) is 10.4. The average molecular weight is 306 g/mol. The third-order valence-corrected chi connectivity index (χ3v) is 3.66. The van der Waals surface area contributed by atoms with Gasteiger partial charge in [-0.25, -0.2) is 0 Å². The highest BCUT2D eigenvalue weighted by Crippen LogP contribution is 2.30. The molecule has 0 saturated carbocycles. The van der Waals surface area contributed by atoms with Crippen molar-refractivity contribution >= 4 is 5.78 Å². The summed E-state index contributed by atoms with van der Waals surface area (Å²) in [6, 6.07) is 10.2. The summed E-state index contributed by atoms with van der Waals surface area (Å²) in [4.78, 5) is 11.5. The van der Waals surface area contributed by atoms with Crippen LogP contribution in [-0.2, 0) is 19.2 Å². The minimum Gasteiger partial charge on any atom is -0.489 e. The van der Waals surface area contributed by atoms with E-state index in [2.05, 4.69) is 0 Å². The minimum absolute atomic E-state index is 0.0522. The lowest BCUT2D eigenvalue weighted by Crippen LogP contribution is -2.06. The fraction of sp³-hybridized carbons (Fsp3) is 0.235. The molecule has 0 aromatic heterocycles. The molecule has 2 aromatic carbocycles. The van der Waals surface area contributed by atoms with Crippen LogP contribution in [0.5, 0.6) is 5.75 Å². The number of carbonyl (C=O) groups is 1. The van der Waals surface area contributed by atoms with E-state index in [1.165, 1.54) is 6.07 Å². The van der Waals surface area contributed by atoms with Gasteiger partial charge in [0, 0.05) is 12.0 Å². The first-order valence-corrected chi connectivity index (χ1v) is 6.88. The van der Waals surface area contributed by atoms with Crippen LogP contribution < -0.4 is 4.74 Å². The van der Waals surface area contributed by atoms with Gasteiger partial charge >= 0.3 is 6.18 Å². The van der Waals surface area contributed by atoms with Crippen molar-refractivity contribution in [1.29, 1.82) is 0 Å². The highest BCUT2D eigenvalue weighted by Gasteiger charge is 2.30. The third-order valence-electron chi connectivity index (χ3n) is 3.66. The summed E-state index contributed by atoms with van der Waals surface area (Å²) in [5, 5.41) is 0. The lowest BCUT2D eigenvalue weighted by atomic mass is 10.1. The van der Waals surface area contributed by atoms with Gasteiger partial charge in [0.05, 0.1) is 5.56 Å². The van der Waals surface area contributed by atoms with Crippen LogP contribution in [0.4, 0.5) is 13.2 Å². The number of fused-ring (bicyclic) bond motifs is 1. The van der Waals surface area contributed by atoms with Gasteiger partial charge in [-0.2, -0.15) is 13.2 Å². The molecule has 0 N–H and O–H groups in total. The highest BCUT2D eigenvalue weighted by atomic mass is 19.4. The molecule has 0 saturated heterocycles. The fourth-order valence-electron chi connectivity index (χ4n) is 2.53. The maximum Gasteiger partial charge on any atom is 0.416 e. The average Bonchev–Trinajstić information content (AvgIpc) is 2.86. The summed E-state index contributed by atoms with van der Waals surface area (Å²) >= 11 is 0. The van der Waals surface area contributed by atoms with Gasteiger partial charge in [-0.3, -0.25) is 4.79 Å². The molecule has 22 heavy (non-hydrogen) atoms. The van der Waals surface area contributed by atoms with E-state index in [0.717, 1.165) is 17.7 Å². The van der Waals surface area contributed by atoms with E-state index in [1.54, 1.807) is 24.3 Å². The quantitative estimate of drug-likeness (QED) is 0.839. The Morgan fingerprint density at radius 1 is 1.05 bits per heavy atom. The SMILES string of the molecule is O=C1CCc2cc(OCc3cccc(C(F)(F)F)c3)ccc21. The standard InChI is InChI=1S/C17H13F3O2/c18-17(19,20)13-3-1-2-11(8-13)10-22-14-5-6-15-12(9-14)4-7-16(15)21/h1-3,5-6,8-9H,4,7,10H2. The maximum absolute atomic E-state index is 12.6. The first-order valence-electron chi connectivity index (χ1n) is 6.88. The molecule has 5 heteroatoms. The zero-order chi connectivity index (χ0) is 15.7. The molecule has 2 aromatic rings.